The van der Waals surface area contributed by atoms with Gasteiger partial charge in [-0.1, -0.05) is 0 Å². The molecule has 2 rings (SSSR count). The maximum absolute atomic E-state index is 11.8. The molecule has 1 heterocycles. The molecule has 1 fully saturated rings. The number of rotatable bonds is 5. The first-order chi connectivity index (χ1) is 8.16. The van der Waals surface area contributed by atoms with Crippen molar-refractivity contribution in [2.45, 2.75) is 25.4 Å². The molecule has 2 N–H and O–H groups in total. The average Bonchev–Trinajstić information content (AvgIpc) is 3.00. The number of carbonyl (C=O) groups is 2. The highest BCUT2D eigenvalue weighted by Gasteiger charge is 2.32. The Labute approximate surface area is 103 Å². The minimum atomic E-state index is -1.02. The highest BCUT2D eigenvalue weighted by atomic mass is 32.1. The molecule has 0 unspecified atom stereocenters. The van der Waals surface area contributed by atoms with Crippen molar-refractivity contribution in [3.8, 4) is 0 Å². The van der Waals surface area contributed by atoms with Gasteiger partial charge < -0.3 is 15.3 Å². The van der Waals surface area contributed by atoms with E-state index in [0.717, 1.165) is 18.4 Å². The van der Waals surface area contributed by atoms with E-state index in [0.29, 0.717) is 6.54 Å². The van der Waals surface area contributed by atoms with Crippen LogP contribution in [0.25, 0.3) is 0 Å². The van der Waals surface area contributed by atoms with E-state index >= 15 is 0 Å². The number of thiophene rings is 1. The zero-order valence-electron chi connectivity index (χ0n) is 9.26. The number of nitrogens with one attached hydrogen (secondary N) is 1. The van der Waals surface area contributed by atoms with Crippen LogP contribution in [-0.4, -0.2) is 34.6 Å². The van der Waals surface area contributed by atoms with Crippen molar-refractivity contribution in [3.63, 3.8) is 0 Å². The van der Waals surface area contributed by atoms with E-state index in [1.165, 1.54) is 0 Å². The van der Waals surface area contributed by atoms with Crippen LogP contribution in [0.3, 0.4) is 0 Å². The van der Waals surface area contributed by atoms with Crippen LogP contribution in [0.5, 0.6) is 0 Å². The van der Waals surface area contributed by atoms with Crippen LogP contribution in [0.1, 0.15) is 18.4 Å². The highest BCUT2D eigenvalue weighted by molar-refractivity contribution is 7.07. The molecule has 0 aromatic carbocycles. The van der Waals surface area contributed by atoms with E-state index < -0.39 is 5.97 Å². The summed E-state index contributed by atoms with van der Waals surface area (Å²) in [6.07, 6.45) is 2.01. The normalized spacial score (nSPS) is 14.4. The number of carbonyl (C=O) groups excluding carboxylic acids is 1. The molecule has 17 heavy (non-hydrogen) atoms. The van der Waals surface area contributed by atoms with Gasteiger partial charge in [-0.15, -0.1) is 0 Å². The molecule has 1 aromatic rings. The number of urea groups is 1. The fourth-order valence-corrected chi connectivity index (χ4v) is 2.24. The van der Waals surface area contributed by atoms with Gasteiger partial charge in [0, 0.05) is 12.6 Å². The quantitative estimate of drug-likeness (QED) is 0.836. The molecular formula is C11H14N2O3S. The molecule has 1 aliphatic rings. The Kier molecular flexibility index (Phi) is 3.63. The van der Waals surface area contributed by atoms with E-state index in [-0.39, 0.29) is 18.6 Å². The zero-order chi connectivity index (χ0) is 12.3. The lowest BCUT2D eigenvalue weighted by Crippen LogP contribution is -2.42. The first kappa shape index (κ1) is 11.9. The summed E-state index contributed by atoms with van der Waals surface area (Å²) < 4.78 is 0. The lowest BCUT2D eigenvalue weighted by molar-refractivity contribution is -0.135. The summed E-state index contributed by atoms with van der Waals surface area (Å²) in [6.45, 7) is 0.227. The van der Waals surface area contributed by atoms with E-state index in [9.17, 15) is 9.59 Å². The number of carboxylic acid groups (broad SMARTS) is 1. The second kappa shape index (κ2) is 5.18. The van der Waals surface area contributed by atoms with Crippen LogP contribution in [0, 0.1) is 0 Å². The van der Waals surface area contributed by atoms with Crippen LogP contribution in [0.15, 0.2) is 16.8 Å². The number of amides is 2. The Hall–Kier alpha value is -1.56. The summed E-state index contributed by atoms with van der Waals surface area (Å²) >= 11 is 1.59. The molecule has 0 saturated heterocycles. The summed E-state index contributed by atoms with van der Waals surface area (Å²) in [4.78, 5) is 23.9. The molecule has 2 amide bonds. The van der Waals surface area contributed by atoms with Gasteiger partial charge in [0.2, 0.25) is 0 Å². The minimum absolute atomic E-state index is 0.267. The van der Waals surface area contributed by atoms with Crippen molar-refractivity contribution < 1.29 is 14.7 Å². The van der Waals surface area contributed by atoms with E-state index in [2.05, 4.69) is 5.32 Å². The predicted molar refractivity (Wildman–Crippen MR) is 63.9 cm³/mol. The standard InChI is InChI=1S/C11H14N2O3S/c14-10(15)5-12-11(16)13(9-1-2-9)6-8-3-4-17-7-8/h3-4,7,9H,1-2,5-6H2,(H,12,16)(H,14,15). The van der Waals surface area contributed by atoms with Crippen LogP contribution in [0.4, 0.5) is 4.79 Å². The van der Waals surface area contributed by atoms with Gasteiger partial charge in [0.15, 0.2) is 0 Å². The lowest BCUT2D eigenvalue weighted by Gasteiger charge is -2.21. The Morgan fingerprint density at radius 3 is 2.82 bits per heavy atom. The molecule has 1 aliphatic carbocycles. The fraction of sp³-hybridized carbons (Fsp3) is 0.455. The molecule has 6 heteroatoms. The maximum Gasteiger partial charge on any atom is 0.323 e. The molecule has 92 valence electrons. The van der Waals surface area contributed by atoms with Crippen LogP contribution >= 0.6 is 11.3 Å². The van der Waals surface area contributed by atoms with Gasteiger partial charge in [0.1, 0.15) is 6.54 Å². The molecule has 0 bridgehead atoms. The lowest BCUT2D eigenvalue weighted by atomic mass is 10.3. The van der Waals surface area contributed by atoms with Crippen molar-refractivity contribution in [3.05, 3.63) is 22.4 Å². The van der Waals surface area contributed by atoms with Crippen LogP contribution in [0.2, 0.25) is 0 Å². The Balaban J connectivity index is 1.92. The number of hydrogen-bond acceptors (Lipinski definition) is 3. The summed E-state index contributed by atoms with van der Waals surface area (Å²) in [5, 5.41) is 14.9. The average molecular weight is 254 g/mol. The van der Waals surface area contributed by atoms with Gasteiger partial charge in [-0.25, -0.2) is 4.79 Å². The van der Waals surface area contributed by atoms with Crippen molar-refractivity contribution in [1.82, 2.24) is 10.2 Å². The molecule has 0 atom stereocenters. The molecular weight excluding hydrogens is 240 g/mol. The Bertz CT molecular complexity index is 401. The van der Waals surface area contributed by atoms with Gasteiger partial charge in [-0.05, 0) is 35.2 Å². The molecule has 1 saturated carbocycles. The van der Waals surface area contributed by atoms with E-state index in [1.54, 1.807) is 16.2 Å². The SMILES string of the molecule is O=C(O)CNC(=O)N(Cc1ccsc1)C1CC1. The smallest absolute Gasteiger partial charge is 0.323 e. The Morgan fingerprint density at radius 1 is 1.53 bits per heavy atom. The van der Waals surface area contributed by atoms with E-state index in [4.69, 9.17) is 5.11 Å². The number of carboxylic acids is 1. The third-order valence-corrected chi connectivity index (χ3v) is 3.30. The molecule has 0 radical (unpaired) electrons. The van der Waals surface area contributed by atoms with Gasteiger partial charge >= 0.3 is 12.0 Å². The number of nitrogens with zero attached hydrogens (tertiary/aromatic N) is 1. The number of hydrogen-bond donors (Lipinski definition) is 2. The molecule has 0 spiro atoms. The second-order valence-corrected chi connectivity index (χ2v) is 4.82. The Morgan fingerprint density at radius 2 is 2.29 bits per heavy atom. The third-order valence-electron chi connectivity index (χ3n) is 2.57. The van der Waals surface area contributed by atoms with Crippen molar-refractivity contribution in [2.24, 2.45) is 0 Å². The summed E-state index contributed by atoms with van der Waals surface area (Å²) in [5.74, 6) is -1.02. The predicted octanol–water partition coefficient (Wildman–Crippen LogP) is 1.51. The van der Waals surface area contributed by atoms with Crippen LogP contribution < -0.4 is 5.32 Å². The third kappa shape index (κ3) is 3.45. The van der Waals surface area contributed by atoms with Crippen LogP contribution in [-0.2, 0) is 11.3 Å². The number of aliphatic carboxylic acids is 1. The first-order valence-corrected chi connectivity index (χ1v) is 6.38. The maximum atomic E-state index is 11.8. The summed E-state index contributed by atoms with van der Waals surface area (Å²) in [6, 6.07) is 1.95. The molecule has 0 aliphatic heterocycles. The highest BCUT2D eigenvalue weighted by Crippen LogP contribution is 2.28. The second-order valence-electron chi connectivity index (χ2n) is 4.04. The van der Waals surface area contributed by atoms with Gasteiger partial charge in [-0.2, -0.15) is 11.3 Å². The summed E-state index contributed by atoms with van der Waals surface area (Å²) in [5.41, 5.74) is 1.09. The van der Waals surface area contributed by atoms with Crippen molar-refractivity contribution >= 4 is 23.3 Å². The first-order valence-electron chi connectivity index (χ1n) is 5.44. The van der Waals surface area contributed by atoms with Gasteiger partial charge in [0.05, 0.1) is 0 Å². The molecule has 1 aromatic heterocycles. The minimum Gasteiger partial charge on any atom is -0.480 e. The fourth-order valence-electron chi connectivity index (χ4n) is 1.59. The van der Waals surface area contributed by atoms with Crippen molar-refractivity contribution in [1.29, 1.82) is 0 Å². The molecule has 5 nitrogen and oxygen atoms in total. The zero-order valence-corrected chi connectivity index (χ0v) is 10.1. The monoisotopic (exact) mass is 254 g/mol. The van der Waals surface area contributed by atoms with Crippen molar-refractivity contribution in [2.75, 3.05) is 6.54 Å². The van der Waals surface area contributed by atoms with E-state index in [1.807, 2.05) is 16.8 Å². The van der Waals surface area contributed by atoms with Gasteiger partial charge in [0.25, 0.3) is 0 Å². The summed E-state index contributed by atoms with van der Waals surface area (Å²) in [7, 11) is 0. The topological polar surface area (TPSA) is 69.6 Å². The largest absolute Gasteiger partial charge is 0.480 e. The van der Waals surface area contributed by atoms with Gasteiger partial charge in [-0.3, -0.25) is 4.79 Å².